The molecule has 0 atom stereocenters. The first-order chi connectivity index (χ1) is 16.6. The van der Waals surface area contributed by atoms with Gasteiger partial charge in [-0.2, -0.15) is 0 Å². The van der Waals surface area contributed by atoms with Gasteiger partial charge in [-0.1, -0.05) is 0 Å². The van der Waals surface area contributed by atoms with Gasteiger partial charge in [0.15, 0.2) is 6.61 Å². The van der Waals surface area contributed by atoms with Crippen molar-refractivity contribution in [1.29, 1.82) is 0 Å². The normalized spacial score (nSPS) is 14.7. The number of hydrogen-bond donors (Lipinski definition) is 1. The van der Waals surface area contributed by atoms with Crippen LogP contribution < -0.4 is 15.0 Å². The zero-order valence-electron chi connectivity index (χ0n) is 19.0. The summed E-state index contributed by atoms with van der Waals surface area (Å²) < 4.78 is 16.0. The van der Waals surface area contributed by atoms with Gasteiger partial charge in [-0.15, -0.1) is 11.3 Å². The molecule has 5 rings (SSSR count). The van der Waals surface area contributed by atoms with E-state index in [9.17, 15) is 9.59 Å². The Hall–Kier alpha value is -3.36. The lowest BCUT2D eigenvalue weighted by molar-refractivity contribution is -0.119. The summed E-state index contributed by atoms with van der Waals surface area (Å²) in [5.74, 6) is -0.0151. The summed E-state index contributed by atoms with van der Waals surface area (Å²) in [4.78, 5) is 28.8. The van der Waals surface area contributed by atoms with Crippen LogP contribution in [0.5, 0.6) is 5.75 Å². The number of nitrogens with one attached hydrogen (secondary N) is 1. The van der Waals surface area contributed by atoms with Gasteiger partial charge < -0.3 is 24.4 Å². The van der Waals surface area contributed by atoms with Gasteiger partial charge in [-0.25, -0.2) is 4.79 Å². The first kappa shape index (κ1) is 22.4. The fourth-order valence-electron chi connectivity index (χ4n) is 4.31. The second kappa shape index (κ2) is 9.87. The largest absolute Gasteiger partial charge is 0.497 e. The van der Waals surface area contributed by atoms with E-state index in [0.29, 0.717) is 10.6 Å². The Kier molecular flexibility index (Phi) is 6.51. The van der Waals surface area contributed by atoms with E-state index in [0.717, 1.165) is 66.6 Å². The minimum atomic E-state index is -0.479. The van der Waals surface area contributed by atoms with Gasteiger partial charge in [-0.3, -0.25) is 4.79 Å². The lowest BCUT2D eigenvalue weighted by Gasteiger charge is -2.28. The summed E-state index contributed by atoms with van der Waals surface area (Å²) in [7, 11) is 1.66. The van der Waals surface area contributed by atoms with Crippen molar-refractivity contribution in [1.82, 2.24) is 0 Å². The van der Waals surface area contributed by atoms with Crippen LogP contribution >= 0.6 is 11.3 Å². The van der Waals surface area contributed by atoms with E-state index in [2.05, 4.69) is 10.2 Å². The van der Waals surface area contributed by atoms with E-state index in [-0.39, 0.29) is 12.5 Å². The Bertz CT molecular complexity index is 1200. The molecule has 34 heavy (non-hydrogen) atoms. The molecule has 2 aromatic carbocycles. The van der Waals surface area contributed by atoms with Crippen molar-refractivity contribution in [3.8, 4) is 16.2 Å². The standard InChI is InChI=1S/C26H26N2O5S/c1-31-21-8-9-22-17(14-21)2-3-18-15-23(34-25(18)22)26(30)33-16-24(29)27-19-4-6-20(7-5-19)28-10-12-32-13-11-28/h4-9,14-15H,2-3,10-13,16H2,1H3,(H,27,29). The fraction of sp³-hybridized carbons (Fsp3) is 0.308. The summed E-state index contributed by atoms with van der Waals surface area (Å²) in [5.41, 5.74) is 5.24. The SMILES string of the molecule is COc1ccc2c(c1)CCc1cc(C(=O)OCC(=O)Nc3ccc(N4CCOCC4)cc3)sc1-2. The molecule has 7 nitrogen and oxygen atoms in total. The molecular weight excluding hydrogens is 452 g/mol. The molecule has 0 radical (unpaired) electrons. The molecule has 1 aliphatic heterocycles. The lowest BCUT2D eigenvalue weighted by Crippen LogP contribution is -2.36. The van der Waals surface area contributed by atoms with Gasteiger partial charge in [-0.05, 0) is 78.1 Å². The Morgan fingerprint density at radius 1 is 1.03 bits per heavy atom. The van der Waals surface area contributed by atoms with Crippen molar-refractivity contribution in [2.45, 2.75) is 12.8 Å². The predicted octanol–water partition coefficient (Wildman–Crippen LogP) is 4.15. The van der Waals surface area contributed by atoms with Gasteiger partial charge >= 0.3 is 5.97 Å². The lowest BCUT2D eigenvalue weighted by atomic mass is 9.91. The molecule has 0 saturated carbocycles. The van der Waals surface area contributed by atoms with Crippen LogP contribution in [0.1, 0.15) is 20.8 Å². The van der Waals surface area contributed by atoms with Crippen LogP contribution in [-0.2, 0) is 27.1 Å². The van der Waals surface area contributed by atoms with Crippen molar-refractivity contribution in [3.05, 3.63) is 64.5 Å². The summed E-state index contributed by atoms with van der Waals surface area (Å²) in [6.45, 7) is 2.82. The number of carbonyl (C=O) groups excluding carboxylic acids is 2. The third-order valence-corrected chi connectivity index (χ3v) is 7.28. The second-order valence-corrected chi connectivity index (χ2v) is 9.31. The molecule has 1 fully saturated rings. The predicted molar refractivity (Wildman–Crippen MR) is 132 cm³/mol. The molecular formula is C26H26N2O5S. The van der Waals surface area contributed by atoms with Gasteiger partial charge in [0.25, 0.3) is 5.91 Å². The molecule has 176 valence electrons. The Morgan fingerprint density at radius 3 is 2.56 bits per heavy atom. The number of methoxy groups -OCH3 is 1. The summed E-state index contributed by atoms with van der Waals surface area (Å²) >= 11 is 1.41. The van der Waals surface area contributed by atoms with Crippen molar-refractivity contribution in [3.63, 3.8) is 0 Å². The molecule has 2 aliphatic rings. The minimum absolute atomic E-state index is 0.333. The number of ether oxygens (including phenoxy) is 3. The first-order valence-corrected chi connectivity index (χ1v) is 12.1. The number of thiophene rings is 1. The molecule has 0 spiro atoms. The highest BCUT2D eigenvalue weighted by molar-refractivity contribution is 7.17. The van der Waals surface area contributed by atoms with Gasteiger partial charge in [0.2, 0.25) is 0 Å². The zero-order chi connectivity index (χ0) is 23.5. The highest BCUT2D eigenvalue weighted by atomic mass is 32.1. The van der Waals surface area contributed by atoms with Crippen LogP contribution in [0.2, 0.25) is 0 Å². The van der Waals surface area contributed by atoms with Crippen LogP contribution in [0.4, 0.5) is 11.4 Å². The number of morpholine rings is 1. The summed E-state index contributed by atoms with van der Waals surface area (Å²) in [6, 6.07) is 15.5. The van der Waals surface area contributed by atoms with Gasteiger partial charge in [0.05, 0.1) is 20.3 Å². The van der Waals surface area contributed by atoms with Crippen LogP contribution in [0.3, 0.4) is 0 Å². The zero-order valence-corrected chi connectivity index (χ0v) is 19.8. The number of rotatable bonds is 6. The molecule has 0 bridgehead atoms. The molecule has 8 heteroatoms. The second-order valence-electron chi connectivity index (χ2n) is 8.26. The van der Waals surface area contributed by atoms with E-state index in [1.807, 2.05) is 48.5 Å². The van der Waals surface area contributed by atoms with Crippen molar-refractivity contribution >= 4 is 34.6 Å². The van der Waals surface area contributed by atoms with E-state index in [1.54, 1.807) is 7.11 Å². The van der Waals surface area contributed by atoms with Crippen LogP contribution in [0.25, 0.3) is 10.4 Å². The van der Waals surface area contributed by atoms with E-state index in [1.165, 1.54) is 16.9 Å². The first-order valence-electron chi connectivity index (χ1n) is 11.3. The smallest absolute Gasteiger partial charge is 0.348 e. The number of nitrogens with zero attached hydrogens (tertiary/aromatic N) is 1. The molecule has 1 aliphatic carbocycles. The summed E-state index contributed by atoms with van der Waals surface area (Å²) in [6.07, 6.45) is 1.76. The Morgan fingerprint density at radius 2 is 1.79 bits per heavy atom. The van der Waals surface area contributed by atoms with Crippen molar-refractivity contribution in [2.75, 3.05) is 50.2 Å². The number of fused-ring (bicyclic) bond motifs is 3. The van der Waals surface area contributed by atoms with E-state index < -0.39 is 5.97 Å². The highest BCUT2D eigenvalue weighted by Crippen LogP contribution is 2.41. The van der Waals surface area contributed by atoms with Crippen LogP contribution in [0.15, 0.2) is 48.5 Å². The minimum Gasteiger partial charge on any atom is -0.497 e. The Balaban J connectivity index is 1.17. The quantitative estimate of drug-likeness (QED) is 0.537. The fourth-order valence-corrected chi connectivity index (χ4v) is 5.48. The van der Waals surface area contributed by atoms with Crippen molar-refractivity contribution < 1.29 is 23.8 Å². The number of hydrogen-bond acceptors (Lipinski definition) is 7. The topological polar surface area (TPSA) is 77.1 Å². The number of esters is 1. The van der Waals surface area contributed by atoms with Gasteiger partial charge in [0.1, 0.15) is 10.6 Å². The number of aryl methyl sites for hydroxylation is 2. The maximum Gasteiger partial charge on any atom is 0.348 e. The molecule has 0 unspecified atom stereocenters. The number of benzene rings is 2. The molecule has 1 saturated heterocycles. The average Bonchev–Trinajstić information content (AvgIpc) is 3.33. The highest BCUT2D eigenvalue weighted by Gasteiger charge is 2.23. The van der Waals surface area contributed by atoms with E-state index in [4.69, 9.17) is 14.2 Å². The Labute approximate surface area is 202 Å². The monoisotopic (exact) mass is 478 g/mol. The summed E-state index contributed by atoms with van der Waals surface area (Å²) in [5, 5.41) is 2.78. The molecule has 3 aromatic rings. The average molecular weight is 479 g/mol. The maximum atomic E-state index is 12.6. The van der Waals surface area contributed by atoms with Crippen LogP contribution in [0, 0.1) is 0 Å². The third kappa shape index (κ3) is 4.78. The van der Waals surface area contributed by atoms with Gasteiger partial charge in [0, 0.05) is 29.3 Å². The molecule has 2 heterocycles. The number of carbonyl (C=O) groups is 2. The third-order valence-electron chi connectivity index (χ3n) is 6.09. The van der Waals surface area contributed by atoms with E-state index >= 15 is 0 Å². The molecule has 1 amide bonds. The molecule has 1 aromatic heterocycles. The van der Waals surface area contributed by atoms with Crippen LogP contribution in [-0.4, -0.2) is 51.9 Å². The maximum absolute atomic E-state index is 12.6. The number of anilines is 2. The number of amides is 1. The molecule has 1 N–H and O–H groups in total. The van der Waals surface area contributed by atoms with Crippen molar-refractivity contribution in [2.24, 2.45) is 0 Å².